The summed E-state index contributed by atoms with van der Waals surface area (Å²) in [5.41, 5.74) is -1.27. The van der Waals surface area contributed by atoms with Gasteiger partial charge in [-0.15, -0.1) is 0 Å². The lowest BCUT2D eigenvalue weighted by Gasteiger charge is -2.30. The molecule has 1 fully saturated rings. The third kappa shape index (κ3) is 5.63. The van der Waals surface area contributed by atoms with Crippen LogP contribution in [0.5, 0.6) is 0 Å². The molecule has 0 spiro atoms. The summed E-state index contributed by atoms with van der Waals surface area (Å²) in [7, 11) is -3.97. The summed E-state index contributed by atoms with van der Waals surface area (Å²) in [4.78, 5) is 54.0. The predicted octanol–water partition coefficient (Wildman–Crippen LogP) is 4.15. The topological polar surface area (TPSA) is 149 Å². The molecule has 2 aliphatic rings. The summed E-state index contributed by atoms with van der Waals surface area (Å²) >= 11 is 1.50. The smallest absolute Gasteiger partial charge is 0.325 e. The second kappa shape index (κ2) is 11.5. The maximum atomic E-state index is 13.9. The summed E-state index contributed by atoms with van der Waals surface area (Å²) in [5.74, 6) is -5.39. The van der Waals surface area contributed by atoms with Crippen LogP contribution in [0.1, 0.15) is 21.9 Å². The van der Waals surface area contributed by atoms with Crippen molar-refractivity contribution in [2.75, 3.05) is 10.2 Å². The van der Waals surface area contributed by atoms with E-state index in [0.29, 0.717) is 26.7 Å². The van der Waals surface area contributed by atoms with Crippen molar-refractivity contribution in [3.8, 4) is 0 Å². The molecule has 6 rings (SSSR count). The zero-order valence-electron chi connectivity index (χ0n) is 23.0. The summed E-state index contributed by atoms with van der Waals surface area (Å²) in [6, 6.07) is 14.1. The normalized spacial score (nSPS) is 19.6. The van der Waals surface area contributed by atoms with E-state index >= 15 is 0 Å². The van der Waals surface area contributed by atoms with E-state index in [1.54, 1.807) is 0 Å². The van der Waals surface area contributed by atoms with Crippen molar-refractivity contribution < 1.29 is 40.4 Å². The highest BCUT2D eigenvalue weighted by molar-refractivity contribution is 8.00. The number of alkyl halides is 3. The van der Waals surface area contributed by atoms with Crippen molar-refractivity contribution in [3.05, 3.63) is 104 Å². The second-order valence-electron chi connectivity index (χ2n) is 10.4. The van der Waals surface area contributed by atoms with Crippen molar-refractivity contribution >= 4 is 62.2 Å². The third-order valence-corrected chi connectivity index (χ3v) is 11.0. The first-order valence-corrected chi connectivity index (χ1v) is 16.5. The Morgan fingerprint density at radius 1 is 0.935 bits per heavy atom. The van der Waals surface area contributed by atoms with Crippen LogP contribution in [0.15, 0.2) is 87.5 Å². The lowest BCUT2D eigenvalue weighted by Crippen LogP contribution is -2.33. The van der Waals surface area contributed by atoms with E-state index in [9.17, 15) is 45.2 Å². The summed E-state index contributed by atoms with van der Waals surface area (Å²) in [5, 5.41) is 6.52. The molecule has 4 aromatic rings. The first-order chi connectivity index (χ1) is 21.6. The van der Waals surface area contributed by atoms with Gasteiger partial charge in [0.25, 0.3) is 0 Å². The molecule has 3 N–H and O–H groups in total. The van der Waals surface area contributed by atoms with E-state index in [1.165, 1.54) is 42.5 Å². The Hall–Kier alpha value is -4.32. The Morgan fingerprint density at radius 3 is 2.22 bits per heavy atom. The van der Waals surface area contributed by atoms with Gasteiger partial charge in [0.2, 0.25) is 27.7 Å². The maximum absolute atomic E-state index is 13.9. The van der Waals surface area contributed by atoms with Crippen molar-refractivity contribution in [2.24, 2.45) is 11.1 Å². The van der Waals surface area contributed by atoms with Crippen LogP contribution in [0.25, 0.3) is 0 Å². The molecule has 2 aliphatic heterocycles. The van der Waals surface area contributed by atoms with Gasteiger partial charge >= 0.3 is 11.0 Å². The Balaban J connectivity index is 1.39. The number of carbonyl (C=O) groups is 3. The van der Waals surface area contributed by atoms with Gasteiger partial charge in [-0.25, -0.2) is 22.8 Å². The Kier molecular flexibility index (Phi) is 7.90. The summed E-state index contributed by atoms with van der Waals surface area (Å²) in [6.45, 7) is -0.551. The van der Waals surface area contributed by atoms with Crippen LogP contribution in [0.3, 0.4) is 0 Å². The van der Waals surface area contributed by atoms with Gasteiger partial charge < -0.3 is 5.32 Å². The number of primary sulfonamides is 1. The minimum Gasteiger partial charge on any atom is -0.325 e. The predicted molar refractivity (Wildman–Crippen MR) is 160 cm³/mol. The number of nitrogens with one attached hydrogen (secondary N) is 1. The SMILES string of the molecule is NS(=O)(=O)c1ccc(NC(=O)Cn2c3c(sc2=O)[C@@H](c2ccc(F)cc2)[C@@H]2C(=O)N(c4ccccc4C(F)(F)F)C(=O)[C@@H]2S3)cc1. The zero-order valence-corrected chi connectivity index (χ0v) is 25.5. The van der Waals surface area contributed by atoms with Crippen molar-refractivity contribution in [1.82, 2.24) is 4.57 Å². The van der Waals surface area contributed by atoms with Crippen molar-refractivity contribution in [1.29, 1.82) is 0 Å². The highest BCUT2D eigenvalue weighted by Crippen LogP contribution is 2.54. The minimum absolute atomic E-state index is 0.164. The fraction of sp³-hybridized carbons (Fsp3) is 0.172. The lowest BCUT2D eigenvalue weighted by atomic mass is 9.83. The van der Waals surface area contributed by atoms with E-state index in [4.69, 9.17) is 5.14 Å². The molecule has 238 valence electrons. The first-order valence-electron chi connectivity index (χ1n) is 13.3. The van der Waals surface area contributed by atoms with E-state index < -0.39 is 79.5 Å². The highest BCUT2D eigenvalue weighted by Gasteiger charge is 2.57. The average molecular weight is 693 g/mol. The van der Waals surface area contributed by atoms with Gasteiger partial charge in [-0.05, 0) is 54.1 Å². The molecule has 0 radical (unpaired) electrons. The molecule has 3 amide bonds. The quantitative estimate of drug-likeness (QED) is 0.228. The monoisotopic (exact) mass is 692 g/mol. The molecule has 0 bridgehead atoms. The van der Waals surface area contributed by atoms with E-state index in [2.05, 4.69) is 5.32 Å². The largest absolute Gasteiger partial charge is 0.418 e. The Labute approximate surface area is 265 Å². The van der Waals surface area contributed by atoms with E-state index in [0.717, 1.165) is 46.7 Å². The van der Waals surface area contributed by atoms with Gasteiger partial charge in [0.05, 0.1) is 27.1 Å². The number of nitrogens with zero attached hydrogens (tertiary/aromatic N) is 2. The zero-order chi connectivity index (χ0) is 33.1. The lowest BCUT2D eigenvalue weighted by molar-refractivity contribution is -0.137. The van der Waals surface area contributed by atoms with Crippen LogP contribution in [-0.2, 0) is 37.1 Å². The van der Waals surface area contributed by atoms with Crippen LogP contribution in [-0.4, -0.2) is 36.0 Å². The molecule has 1 aromatic heterocycles. The van der Waals surface area contributed by atoms with Gasteiger partial charge in [-0.1, -0.05) is 47.4 Å². The van der Waals surface area contributed by atoms with Gasteiger partial charge in [0.1, 0.15) is 17.6 Å². The van der Waals surface area contributed by atoms with Gasteiger partial charge in [-0.2, -0.15) is 13.2 Å². The number of aromatic nitrogens is 1. The molecule has 10 nitrogen and oxygen atoms in total. The van der Waals surface area contributed by atoms with Crippen LogP contribution in [0.4, 0.5) is 28.9 Å². The van der Waals surface area contributed by atoms with E-state index in [1.807, 2.05) is 0 Å². The van der Waals surface area contributed by atoms with Crippen LogP contribution in [0, 0.1) is 11.7 Å². The molecule has 3 aromatic carbocycles. The molecule has 0 aliphatic carbocycles. The van der Waals surface area contributed by atoms with E-state index in [-0.39, 0.29) is 15.6 Å². The Bertz CT molecular complexity index is 2060. The standard InChI is InChI=1S/C29H20F4N4O6S3/c30-15-7-5-14(6-8-15)21-22-23(26(40)37(25(22)39)19-4-2-1-3-18(19)29(31,32)33)44-27-24(21)45-28(41)36(27)13-20(38)35-16-9-11-17(12-10-16)46(34,42)43/h1-12,21-23H,13H2,(H,35,38)(H2,34,42,43)/t21-,22-,23+/m0/s1. The van der Waals surface area contributed by atoms with Gasteiger partial charge in [-0.3, -0.25) is 23.7 Å². The summed E-state index contributed by atoms with van der Waals surface area (Å²) < 4.78 is 79.8. The number of benzene rings is 3. The number of hydrogen-bond acceptors (Lipinski definition) is 8. The molecule has 3 heterocycles. The molecule has 1 saturated heterocycles. The first kappa shape index (κ1) is 31.7. The van der Waals surface area contributed by atoms with Crippen LogP contribution >= 0.6 is 23.1 Å². The number of anilines is 2. The van der Waals surface area contributed by atoms with Crippen molar-refractivity contribution in [3.63, 3.8) is 0 Å². The molecular formula is C29H20F4N4O6S3. The number of rotatable bonds is 6. The molecule has 0 unspecified atom stereocenters. The number of amides is 3. The number of sulfonamides is 1. The van der Waals surface area contributed by atoms with Crippen LogP contribution < -0.4 is 20.2 Å². The molecular weight excluding hydrogens is 673 g/mol. The highest BCUT2D eigenvalue weighted by atomic mass is 32.2. The second-order valence-corrected chi connectivity index (χ2v) is 14.0. The average Bonchev–Trinajstić information content (AvgIpc) is 3.43. The molecule has 46 heavy (non-hydrogen) atoms. The number of halogens is 4. The number of thioether (sulfide) groups is 1. The van der Waals surface area contributed by atoms with Crippen molar-refractivity contribution in [2.45, 2.75) is 33.8 Å². The fourth-order valence-corrected chi connectivity index (χ4v) is 8.79. The third-order valence-electron chi connectivity index (χ3n) is 7.50. The number of fused-ring (bicyclic) bond motifs is 2. The number of para-hydroxylation sites is 1. The number of thiazole rings is 1. The number of nitrogens with two attached hydrogens (primary N) is 1. The maximum Gasteiger partial charge on any atom is 0.418 e. The minimum atomic E-state index is -4.88. The van der Waals surface area contributed by atoms with Gasteiger partial charge in [0.15, 0.2) is 0 Å². The van der Waals surface area contributed by atoms with Crippen LogP contribution in [0.2, 0.25) is 0 Å². The number of imide groups is 1. The molecule has 3 atom stereocenters. The number of carbonyl (C=O) groups excluding carboxylic acids is 3. The number of hydrogen-bond donors (Lipinski definition) is 2. The summed E-state index contributed by atoms with van der Waals surface area (Å²) in [6.07, 6.45) is -4.88. The molecule has 0 saturated carbocycles. The fourth-order valence-electron chi connectivity index (χ4n) is 5.50. The molecule has 17 heteroatoms. The van der Waals surface area contributed by atoms with Gasteiger partial charge in [0, 0.05) is 16.5 Å². The Morgan fingerprint density at radius 2 is 1.59 bits per heavy atom.